The van der Waals surface area contributed by atoms with Gasteiger partial charge in [0.25, 0.3) is 11.5 Å². The molecule has 2 aliphatic heterocycles. The number of carbonyl (C=O) groups excluding carboxylic acids is 1. The van der Waals surface area contributed by atoms with E-state index in [1.807, 2.05) is 42.5 Å². The van der Waals surface area contributed by atoms with Crippen LogP contribution in [0.1, 0.15) is 18.9 Å². The van der Waals surface area contributed by atoms with Crippen molar-refractivity contribution in [1.82, 2.24) is 9.78 Å². The fourth-order valence-electron chi connectivity index (χ4n) is 6.92. The van der Waals surface area contributed by atoms with E-state index in [1.165, 1.54) is 9.87 Å². The van der Waals surface area contributed by atoms with Crippen LogP contribution in [0.3, 0.4) is 0 Å². The maximum Gasteiger partial charge on any atom is 0.279 e. The predicted octanol–water partition coefficient (Wildman–Crippen LogP) is 3.94. The first-order valence-electron chi connectivity index (χ1n) is 13.6. The Kier molecular flexibility index (Phi) is 6.40. The van der Waals surface area contributed by atoms with Crippen LogP contribution < -0.4 is 20.8 Å². The van der Waals surface area contributed by atoms with Gasteiger partial charge in [0.1, 0.15) is 5.75 Å². The van der Waals surface area contributed by atoms with E-state index < -0.39 is 13.7 Å². The number of benzene rings is 3. The molecule has 0 bridgehead atoms. The molecule has 206 valence electrons. The van der Waals surface area contributed by atoms with Crippen LogP contribution in [0.2, 0.25) is 18.6 Å². The van der Waals surface area contributed by atoms with Crippen molar-refractivity contribution in [1.29, 1.82) is 0 Å². The Bertz CT molecular complexity index is 1670. The molecule has 6 rings (SSSR count). The molecule has 4 aromatic rings. The first-order chi connectivity index (χ1) is 19.2. The second kappa shape index (κ2) is 9.69. The van der Waals surface area contributed by atoms with Gasteiger partial charge in [0, 0.05) is 29.2 Å². The monoisotopic (exact) mass is 555 g/mol. The van der Waals surface area contributed by atoms with Gasteiger partial charge in [-0.25, -0.2) is 0 Å². The molecular weight excluding hydrogens is 522 g/mol. The summed E-state index contributed by atoms with van der Waals surface area (Å²) in [6.07, 6.45) is 1.79. The minimum Gasteiger partial charge on any atom is -0.497 e. The van der Waals surface area contributed by atoms with E-state index in [0.717, 1.165) is 11.1 Å². The van der Waals surface area contributed by atoms with E-state index in [2.05, 4.69) is 42.6 Å². The van der Waals surface area contributed by atoms with Crippen LogP contribution >= 0.6 is 0 Å². The summed E-state index contributed by atoms with van der Waals surface area (Å²) in [6, 6.07) is 21.0. The maximum absolute atomic E-state index is 13.8. The lowest BCUT2D eigenvalue weighted by atomic mass is 9.82. The highest BCUT2D eigenvalue weighted by Gasteiger charge is 2.64. The van der Waals surface area contributed by atoms with Gasteiger partial charge in [0.2, 0.25) is 0 Å². The molecule has 2 N–H and O–H groups in total. The third-order valence-electron chi connectivity index (χ3n) is 8.93. The summed E-state index contributed by atoms with van der Waals surface area (Å²) in [6.45, 7) is 6.64. The summed E-state index contributed by atoms with van der Waals surface area (Å²) in [7, 11) is -0.596. The van der Waals surface area contributed by atoms with Gasteiger partial charge in [-0.1, -0.05) is 55.5 Å². The molecule has 0 radical (unpaired) electrons. The van der Waals surface area contributed by atoms with Gasteiger partial charge in [-0.15, -0.1) is 0 Å². The third-order valence-corrected chi connectivity index (χ3v) is 13.3. The van der Waals surface area contributed by atoms with Gasteiger partial charge >= 0.3 is 0 Å². The number of ether oxygens (including phenoxy) is 2. The molecule has 2 aliphatic rings. The van der Waals surface area contributed by atoms with Crippen molar-refractivity contribution < 1.29 is 19.4 Å². The minimum atomic E-state index is -2.25. The molecule has 1 fully saturated rings. The molecule has 3 heterocycles. The van der Waals surface area contributed by atoms with Crippen molar-refractivity contribution >= 4 is 35.6 Å². The third kappa shape index (κ3) is 3.83. The summed E-state index contributed by atoms with van der Waals surface area (Å²) in [5.74, 6) is 0.392. The van der Waals surface area contributed by atoms with Crippen molar-refractivity contribution in [3.05, 3.63) is 88.8 Å². The number of aromatic nitrogens is 2. The van der Waals surface area contributed by atoms with Crippen molar-refractivity contribution in [2.24, 2.45) is 5.92 Å². The number of amides is 1. The van der Waals surface area contributed by atoms with Crippen molar-refractivity contribution in [2.75, 3.05) is 19.0 Å². The second-order valence-electron chi connectivity index (χ2n) is 11.3. The van der Waals surface area contributed by atoms with Crippen LogP contribution in [-0.4, -0.2) is 48.7 Å². The molecule has 1 saturated heterocycles. The topological polar surface area (TPSA) is 103 Å². The largest absolute Gasteiger partial charge is 0.497 e. The molecule has 8 nitrogen and oxygen atoms in total. The van der Waals surface area contributed by atoms with Gasteiger partial charge in [-0.3, -0.25) is 9.59 Å². The first kappa shape index (κ1) is 26.4. The van der Waals surface area contributed by atoms with Gasteiger partial charge in [0.05, 0.1) is 38.6 Å². The smallest absolute Gasteiger partial charge is 0.279 e. The number of aliphatic hydroxyl groups is 1. The molecule has 0 aliphatic carbocycles. The fourth-order valence-corrected chi connectivity index (χ4v) is 11.0. The molecule has 0 unspecified atom stereocenters. The molecule has 3 aromatic carbocycles. The molecular formula is C31H33N3O5Si. The summed E-state index contributed by atoms with van der Waals surface area (Å²) in [5, 5.41) is 20.0. The SMILES string of the molecule is COc1ccc([Si](C)(C)[C@@H]2[C@@H](CCO)O[C@]3(C(=O)Nc4ccc(-n5ncc6ccccc6c5=O)cc43)[C@H]2C)cc1. The quantitative estimate of drug-likeness (QED) is 0.350. The Labute approximate surface area is 233 Å². The number of methoxy groups -OCH3 is 1. The summed E-state index contributed by atoms with van der Waals surface area (Å²) in [5.41, 5.74) is 0.502. The van der Waals surface area contributed by atoms with Crippen LogP contribution in [0.5, 0.6) is 5.75 Å². The Balaban J connectivity index is 1.46. The molecule has 1 amide bonds. The first-order valence-corrected chi connectivity index (χ1v) is 16.7. The molecule has 0 saturated carbocycles. The van der Waals surface area contributed by atoms with E-state index in [-0.39, 0.29) is 35.6 Å². The van der Waals surface area contributed by atoms with Gasteiger partial charge in [-0.2, -0.15) is 9.78 Å². The zero-order chi connectivity index (χ0) is 28.2. The van der Waals surface area contributed by atoms with E-state index in [0.29, 0.717) is 28.7 Å². The number of carbonyl (C=O) groups is 1. The fraction of sp³-hybridized carbons (Fsp3) is 0.323. The number of anilines is 1. The van der Waals surface area contributed by atoms with E-state index in [1.54, 1.807) is 25.4 Å². The number of hydrogen-bond donors (Lipinski definition) is 2. The average Bonchev–Trinajstić information content (AvgIpc) is 3.42. The van der Waals surface area contributed by atoms with Gasteiger partial charge in [-0.05, 0) is 48.4 Å². The number of nitrogens with zero attached hydrogens (tertiary/aromatic N) is 2. The zero-order valence-electron chi connectivity index (χ0n) is 23.0. The molecule has 4 atom stereocenters. The van der Waals surface area contributed by atoms with Crippen molar-refractivity contribution in [2.45, 2.75) is 43.7 Å². The van der Waals surface area contributed by atoms with Crippen molar-refractivity contribution in [3.63, 3.8) is 0 Å². The number of hydrogen-bond acceptors (Lipinski definition) is 6. The highest BCUT2D eigenvalue weighted by atomic mass is 28.3. The summed E-state index contributed by atoms with van der Waals surface area (Å²) >= 11 is 0. The van der Waals surface area contributed by atoms with Crippen LogP contribution in [0.15, 0.2) is 77.7 Å². The Morgan fingerprint density at radius 1 is 1.10 bits per heavy atom. The lowest BCUT2D eigenvalue weighted by molar-refractivity contribution is -0.143. The zero-order valence-corrected chi connectivity index (χ0v) is 24.0. The number of rotatable bonds is 6. The molecule has 1 spiro atoms. The molecule has 40 heavy (non-hydrogen) atoms. The highest BCUT2D eigenvalue weighted by molar-refractivity contribution is 6.91. The second-order valence-corrected chi connectivity index (χ2v) is 16.0. The van der Waals surface area contributed by atoms with Crippen LogP contribution in [-0.2, 0) is 15.1 Å². The van der Waals surface area contributed by atoms with Gasteiger partial charge in [0.15, 0.2) is 5.60 Å². The average molecular weight is 556 g/mol. The van der Waals surface area contributed by atoms with Crippen LogP contribution in [0, 0.1) is 5.92 Å². The van der Waals surface area contributed by atoms with E-state index >= 15 is 0 Å². The predicted molar refractivity (Wildman–Crippen MR) is 157 cm³/mol. The lowest BCUT2D eigenvalue weighted by Gasteiger charge is -2.37. The van der Waals surface area contributed by atoms with Crippen molar-refractivity contribution in [3.8, 4) is 11.4 Å². The van der Waals surface area contributed by atoms with E-state index in [9.17, 15) is 14.7 Å². The Morgan fingerprint density at radius 3 is 2.58 bits per heavy atom. The molecule has 9 heteroatoms. The van der Waals surface area contributed by atoms with E-state index in [4.69, 9.17) is 9.47 Å². The molecule has 1 aromatic heterocycles. The standard InChI is InChI=1S/C31H33N3O5Si/c1-19-28(40(3,4)23-12-10-22(38-2)11-13-23)27(15-16-35)39-31(19)25-17-21(9-14-26(25)33-30(31)37)34-29(36)24-8-6-5-7-20(24)18-32-34/h5-14,17-19,27-28,35H,15-16H2,1-4H3,(H,33,37)/t19-,27+,28-,31+/m0/s1. The minimum absolute atomic E-state index is 0.0370. The number of aliphatic hydroxyl groups excluding tert-OH is 1. The summed E-state index contributed by atoms with van der Waals surface area (Å²) < 4.78 is 13.5. The summed E-state index contributed by atoms with van der Waals surface area (Å²) in [4.78, 5) is 27.2. The highest BCUT2D eigenvalue weighted by Crippen LogP contribution is 2.58. The Hall–Kier alpha value is -3.79. The van der Waals surface area contributed by atoms with Gasteiger partial charge < -0.3 is 19.9 Å². The number of fused-ring (bicyclic) bond motifs is 3. The van der Waals surface area contributed by atoms with Crippen LogP contribution in [0.25, 0.3) is 16.5 Å². The Morgan fingerprint density at radius 2 is 1.85 bits per heavy atom. The lowest BCUT2D eigenvalue weighted by Crippen LogP contribution is -2.51. The number of nitrogens with one attached hydrogen (secondary N) is 1. The van der Waals surface area contributed by atoms with Crippen LogP contribution in [0.4, 0.5) is 5.69 Å². The maximum atomic E-state index is 13.8. The normalized spacial score (nSPS) is 23.9.